The molecule has 1 atom stereocenters. The highest BCUT2D eigenvalue weighted by Gasteiger charge is 2.14. The number of aliphatic imine (C=N–C) groups is 1. The van der Waals surface area contributed by atoms with Gasteiger partial charge in [0.15, 0.2) is 11.8 Å². The van der Waals surface area contributed by atoms with Crippen molar-refractivity contribution in [3.8, 4) is 11.5 Å². The van der Waals surface area contributed by atoms with Crippen molar-refractivity contribution in [1.82, 2.24) is 25.8 Å². The zero-order valence-corrected chi connectivity index (χ0v) is 17.8. The molecule has 30 heavy (non-hydrogen) atoms. The SMILES string of the molecule is CCNC(=NCc1coc(-c2ccc(C)cc2)n1)NCc1nc(C(C)OCC)no1. The molecule has 160 valence electrons. The number of nitrogens with zero attached hydrogens (tertiary/aromatic N) is 4. The van der Waals surface area contributed by atoms with Gasteiger partial charge in [-0.05, 0) is 39.8 Å². The van der Waals surface area contributed by atoms with E-state index >= 15 is 0 Å². The number of aryl methyl sites for hydroxylation is 1. The molecule has 0 aliphatic heterocycles. The minimum absolute atomic E-state index is 0.204. The molecule has 0 aliphatic carbocycles. The van der Waals surface area contributed by atoms with Crippen LogP contribution in [-0.4, -0.2) is 34.2 Å². The van der Waals surface area contributed by atoms with E-state index in [4.69, 9.17) is 13.7 Å². The highest BCUT2D eigenvalue weighted by atomic mass is 16.5. The summed E-state index contributed by atoms with van der Waals surface area (Å²) < 4.78 is 16.3. The largest absolute Gasteiger partial charge is 0.444 e. The van der Waals surface area contributed by atoms with Crippen LogP contribution in [0.15, 0.2) is 44.5 Å². The molecule has 9 nitrogen and oxygen atoms in total. The van der Waals surface area contributed by atoms with Crippen LogP contribution in [0.25, 0.3) is 11.5 Å². The lowest BCUT2D eigenvalue weighted by molar-refractivity contribution is 0.0683. The number of benzene rings is 1. The summed E-state index contributed by atoms with van der Waals surface area (Å²) in [4.78, 5) is 13.4. The van der Waals surface area contributed by atoms with Gasteiger partial charge in [-0.1, -0.05) is 22.9 Å². The van der Waals surface area contributed by atoms with Crippen molar-refractivity contribution in [3.63, 3.8) is 0 Å². The lowest BCUT2D eigenvalue weighted by Gasteiger charge is -2.08. The third kappa shape index (κ3) is 5.90. The molecule has 1 aromatic carbocycles. The van der Waals surface area contributed by atoms with Gasteiger partial charge in [0.1, 0.15) is 18.1 Å². The molecule has 0 bridgehead atoms. The van der Waals surface area contributed by atoms with Gasteiger partial charge in [0, 0.05) is 18.7 Å². The van der Waals surface area contributed by atoms with E-state index in [9.17, 15) is 0 Å². The van der Waals surface area contributed by atoms with Crippen molar-refractivity contribution in [2.75, 3.05) is 13.2 Å². The van der Waals surface area contributed by atoms with E-state index in [0.717, 1.165) is 17.8 Å². The third-order valence-electron chi connectivity index (χ3n) is 4.26. The molecule has 0 amide bonds. The van der Waals surface area contributed by atoms with Crippen molar-refractivity contribution in [1.29, 1.82) is 0 Å². The average Bonchev–Trinajstić information content (AvgIpc) is 3.41. The van der Waals surface area contributed by atoms with Crippen molar-refractivity contribution in [2.45, 2.75) is 46.9 Å². The lowest BCUT2D eigenvalue weighted by Crippen LogP contribution is -2.36. The molecule has 0 saturated heterocycles. The lowest BCUT2D eigenvalue weighted by atomic mass is 10.1. The molecule has 2 N–H and O–H groups in total. The van der Waals surface area contributed by atoms with Crippen LogP contribution >= 0.6 is 0 Å². The van der Waals surface area contributed by atoms with Gasteiger partial charge in [-0.2, -0.15) is 4.98 Å². The van der Waals surface area contributed by atoms with Gasteiger partial charge < -0.3 is 24.3 Å². The number of guanidine groups is 1. The van der Waals surface area contributed by atoms with E-state index in [1.807, 2.05) is 52.0 Å². The van der Waals surface area contributed by atoms with Gasteiger partial charge in [0.25, 0.3) is 0 Å². The molecule has 3 rings (SSSR count). The van der Waals surface area contributed by atoms with Crippen molar-refractivity contribution >= 4 is 5.96 Å². The van der Waals surface area contributed by atoms with Crippen LogP contribution in [0.3, 0.4) is 0 Å². The Morgan fingerprint density at radius 1 is 1.17 bits per heavy atom. The molecule has 0 saturated carbocycles. The average molecular weight is 412 g/mol. The Morgan fingerprint density at radius 3 is 2.70 bits per heavy atom. The summed E-state index contributed by atoms with van der Waals surface area (Å²) in [5.41, 5.74) is 2.87. The quantitative estimate of drug-likeness (QED) is 0.406. The number of hydrogen-bond donors (Lipinski definition) is 2. The number of ether oxygens (including phenoxy) is 1. The van der Waals surface area contributed by atoms with Crippen molar-refractivity contribution in [3.05, 3.63) is 53.5 Å². The monoisotopic (exact) mass is 412 g/mol. The van der Waals surface area contributed by atoms with Crippen LogP contribution in [0.1, 0.15) is 49.8 Å². The summed E-state index contributed by atoms with van der Waals surface area (Å²) in [6.45, 7) is 9.90. The van der Waals surface area contributed by atoms with Crippen LogP contribution in [0, 0.1) is 6.92 Å². The van der Waals surface area contributed by atoms with Gasteiger partial charge in [0.05, 0.1) is 13.1 Å². The molecule has 0 radical (unpaired) electrons. The molecule has 0 aliphatic rings. The maximum atomic E-state index is 5.59. The zero-order valence-electron chi connectivity index (χ0n) is 17.8. The van der Waals surface area contributed by atoms with Crippen molar-refractivity contribution in [2.24, 2.45) is 4.99 Å². The van der Waals surface area contributed by atoms with Crippen molar-refractivity contribution < 1.29 is 13.7 Å². The molecule has 2 aromatic heterocycles. The third-order valence-corrected chi connectivity index (χ3v) is 4.26. The van der Waals surface area contributed by atoms with E-state index in [-0.39, 0.29) is 6.10 Å². The molecule has 0 spiro atoms. The predicted octanol–water partition coefficient (Wildman–Crippen LogP) is 3.39. The first-order valence-electron chi connectivity index (χ1n) is 10.1. The smallest absolute Gasteiger partial charge is 0.246 e. The summed E-state index contributed by atoms with van der Waals surface area (Å²) in [7, 11) is 0. The van der Waals surface area contributed by atoms with E-state index < -0.39 is 0 Å². The Morgan fingerprint density at radius 2 is 1.97 bits per heavy atom. The highest BCUT2D eigenvalue weighted by Crippen LogP contribution is 2.19. The van der Waals surface area contributed by atoms with Gasteiger partial charge in [-0.15, -0.1) is 0 Å². The summed E-state index contributed by atoms with van der Waals surface area (Å²) in [6, 6.07) is 8.04. The van der Waals surface area contributed by atoms with Gasteiger partial charge in [-0.3, -0.25) is 0 Å². The minimum atomic E-state index is -0.204. The molecule has 0 fully saturated rings. The molecular weight excluding hydrogens is 384 g/mol. The first kappa shape index (κ1) is 21.5. The second-order valence-electron chi connectivity index (χ2n) is 6.70. The Balaban J connectivity index is 1.59. The Bertz CT molecular complexity index is 948. The standard InChI is InChI=1S/C21H28N6O3/c1-5-22-21(24-12-18-26-19(27-30-18)15(4)28-6-2)23-11-17-13-29-20(25-17)16-9-7-14(3)8-10-16/h7-10,13,15H,5-6,11-12H2,1-4H3,(H2,22,23,24). The van der Waals surface area contributed by atoms with Crippen LogP contribution < -0.4 is 10.6 Å². The fourth-order valence-corrected chi connectivity index (χ4v) is 2.70. The van der Waals surface area contributed by atoms with E-state index in [1.165, 1.54) is 5.56 Å². The van der Waals surface area contributed by atoms with Crippen LogP contribution in [0.5, 0.6) is 0 Å². The topological polar surface area (TPSA) is 111 Å². The Hall–Kier alpha value is -3.20. The second kappa shape index (κ2) is 10.5. The Labute approximate surface area is 176 Å². The zero-order chi connectivity index (χ0) is 21.3. The summed E-state index contributed by atoms with van der Waals surface area (Å²) in [6.07, 6.45) is 1.42. The summed E-state index contributed by atoms with van der Waals surface area (Å²) in [5, 5.41) is 10.3. The molecular formula is C21H28N6O3. The van der Waals surface area contributed by atoms with Gasteiger partial charge >= 0.3 is 0 Å². The maximum absolute atomic E-state index is 5.59. The van der Waals surface area contributed by atoms with Gasteiger partial charge in [0.2, 0.25) is 11.8 Å². The Kier molecular flexibility index (Phi) is 7.56. The van der Waals surface area contributed by atoms with E-state index in [2.05, 4.69) is 30.8 Å². The fourth-order valence-electron chi connectivity index (χ4n) is 2.70. The summed E-state index contributed by atoms with van der Waals surface area (Å²) >= 11 is 0. The van der Waals surface area contributed by atoms with Crippen LogP contribution in [0.2, 0.25) is 0 Å². The second-order valence-corrected chi connectivity index (χ2v) is 6.70. The number of nitrogens with one attached hydrogen (secondary N) is 2. The molecule has 9 heteroatoms. The van der Waals surface area contributed by atoms with E-state index in [0.29, 0.717) is 43.3 Å². The molecule has 2 heterocycles. The normalized spacial score (nSPS) is 12.7. The van der Waals surface area contributed by atoms with Gasteiger partial charge in [-0.25, -0.2) is 9.98 Å². The number of aromatic nitrogens is 3. The first-order chi connectivity index (χ1) is 14.6. The minimum Gasteiger partial charge on any atom is -0.444 e. The fraction of sp³-hybridized carbons (Fsp3) is 0.429. The molecule has 3 aromatic rings. The van der Waals surface area contributed by atoms with Crippen LogP contribution in [-0.2, 0) is 17.8 Å². The maximum Gasteiger partial charge on any atom is 0.246 e. The predicted molar refractivity (Wildman–Crippen MR) is 113 cm³/mol. The first-order valence-corrected chi connectivity index (χ1v) is 10.1. The number of rotatable bonds is 9. The van der Waals surface area contributed by atoms with E-state index in [1.54, 1.807) is 6.26 Å². The number of oxazole rings is 1. The summed E-state index contributed by atoms with van der Waals surface area (Å²) in [5.74, 6) is 2.20. The number of hydrogen-bond acceptors (Lipinski definition) is 7. The molecule has 1 unspecified atom stereocenters. The highest BCUT2D eigenvalue weighted by molar-refractivity contribution is 5.79. The van der Waals surface area contributed by atoms with Crippen LogP contribution in [0.4, 0.5) is 0 Å².